The Balaban J connectivity index is 1.54. The van der Waals surface area contributed by atoms with E-state index >= 15 is 0 Å². The third-order valence-electron chi connectivity index (χ3n) is 9.03. The summed E-state index contributed by atoms with van der Waals surface area (Å²) in [6.45, 7) is 1.38. The maximum Gasteiger partial charge on any atom is 0.416 e. The van der Waals surface area contributed by atoms with Crippen LogP contribution in [0.25, 0.3) is 0 Å². The lowest BCUT2D eigenvalue weighted by Gasteiger charge is -2.30. The maximum atomic E-state index is 14.1. The van der Waals surface area contributed by atoms with E-state index in [0.29, 0.717) is 35.4 Å². The van der Waals surface area contributed by atoms with Crippen LogP contribution in [0.5, 0.6) is 0 Å². The number of hydrogen-bond acceptors (Lipinski definition) is 0. The molecule has 0 saturated heterocycles. The quantitative estimate of drug-likeness (QED) is 0.129. The molecule has 0 nitrogen and oxygen atoms in total. The first-order valence-electron chi connectivity index (χ1n) is 16.5. The molecular formula is C41H28F12P2. The highest BCUT2D eigenvalue weighted by molar-refractivity contribution is 7.74. The molecule has 55 heavy (non-hydrogen) atoms. The summed E-state index contributed by atoms with van der Waals surface area (Å²) in [4.78, 5) is 0. The Labute approximate surface area is 310 Å². The SMILES string of the molecule is C[C@H](C1=C/C(=C2\C=CC=CC2P(c2ccccc2)c2ccccc2)C=C1)P(c1cc(C(F)(F)F)cc(C(F)(F)F)c1)c1cc(C(F)(F)F)cc(C(F)(F)F)c1. The van der Waals surface area contributed by atoms with Gasteiger partial charge in [-0.1, -0.05) is 110 Å². The van der Waals surface area contributed by atoms with Crippen molar-refractivity contribution in [3.63, 3.8) is 0 Å². The zero-order valence-electron chi connectivity index (χ0n) is 28.4. The van der Waals surface area contributed by atoms with Gasteiger partial charge in [0.25, 0.3) is 0 Å². The van der Waals surface area contributed by atoms with Gasteiger partial charge in [-0.15, -0.1) is 0 Å². The summed E-state index contributed by atoms with van der Waals surface area (Å²) in [6, 6.07) is 20.7. The first-order valence-corrected chi connectivity index (χ1v) is 19.3. The van der Waals surface area contributed by atoms with Crippen LogP contribution in [0.1, 0.15) is 29.2 Å². The molecule has 14 heteroatoms. The third kappa shape index (κ3) is 9.02. The fourth-order valence-electron chi connectivity index (χ4n) is 6.47. The average molecular weight is 811 g/mol. The van der Waals surface area contributed by atoms with Crippen LogP contribution in [-0.4, -0.2) is 11.3 Å². The Morgan fingerprint density at radius 2 is 0.909 bits per heavy atom. The standard InChI is InChI=1S/C41H28F12P2/c1-25(26-16-17-27(18-26)36-14-8-9-15-37(36)55(32-10-4-2-5-11-32)33-12-6-3-7-13-33)54(34-21-28(38(42,43)44)19-29(22-34)39(45,46)47)35-23-30(40(48,49)50)20-31(24-35)41(51,52)53/h2-25,37H,1H3/b36-27+/t25-,37?/m1/s1. The molecule has 0 aromatic heterocycles. The number of benzene rings is 4. The van der Waals surface area contributed by atoms with Gasteiger partial charge in [-0.2, -0.15) is 52.7 Å². The normalized spacial score (nSPS) is 18.4. The first kappa shape index (κ1) is 40.3. The van der Waals surface area contributed by atoms with E-state index in [1.807, 2.05) is 78.9 Å². The van der Waals surface area contributed by atoms with E-state index in [0.717, 1.165) is 16.2 Å². The minimum Gasteiger partial charge on any atom is -0.166 e. The summed E-state index contributed by atoms with van der Waals surface area (Å²) < 4.78 is 169. The molecule has 0 radical (unpaired) electrons. The summed E-state index contributed by atoms with van der Waals surface area (Å²) in [5.74, 6) is 0. The molecule has 2 aliphatic carbocycles. The summed E-state index contributed by atoms with van der Waals surface area (Å²) >= 11 is 0. The number of hydrogen-bond donors (Lipinski definition) is 0. The molecule has 0 bridgehead atoms. The van der Waals surface area contributed by atoms with E-state index in [1.165, 1.54) is 6.92 Å². The largest absolute Gasteiger partial charge is 0.416 e. The molecule has 0 amide bonds. The molecule has 0 saturated carbocycles. The van der Waals surface area contributed by atoms with E-state index in [2.05, 4.69) is 0 Å². The van der Waals surface area contributed by atoms with Crippen molar-refractivity contribution in [3.8, 4) is 0 Å². The number of rotatable bonds is 7. The second-order valence-corrected chi connectivity index (χ2v) is 17.6. The monoisotopic (exact) mass is 810 g/mol. The molecule has 4 aromatic rings. The van der Waals surface area contributed by atoms with Crippen LogP contribution in [0.2, 0.25) is 0 Å². The third-order valence-corrected chi connectivity index (χ3v) is 14.4. The molecule has 0 spiro atoms. The predicted molar refractivity (Wildman–Crippen MR) is 194 cm³/mol. The first-order chi connectivity index (χ1) is 25.7. The fourth-order valence-corrected chi connectivity index (χ4v) is 11.9. The highest BCUT2D eigenvalue weighted by Crippen LogP contribution is 2.51. The van der Waals surface area contributed by atoms with Gasteiger partial charge in [-0.05, 0) is 90.2 Å². The minimum atomic E-state index is -5.32. The lowest BCUT2D eigenvalue weighted by Crippen LogP contribution is -2.26. The Morgan fingerprint density at radius 3 is 1.31 bits per heavy atom. The highest BCUT2D eigenvalue weighted by Gasteiger charge is 2.41. The average Bonchev–Trinajstić information content (AvgIpc) is 3.62. The van der Waals surface area contributed by atoms with Crippen LogP contribution in [0.4, 0.5) is 52.7 Å². The summed E-state index contributed by atoms with van der Waals surface area (Å²) in [6.07, 6.45) is -8.80. The smallest absolute Gasteiger partial charge is 0.166 e. The molecule has 2 aliphatic rings. The Bertz CT molecular complexity index is 2010. The summed E-state index contributed by atoms with van der Waals surface area (Å²) in [5, 5.41) is 0.708. The van der Waals surface area contributed by atoms with Gasteiger partial charge in [0.2, 0.25) is 0 Å². The van der Waals surface area contributed by atoms with Crippen LogP contribution >= 0.6 is 15.8 Å². The van der Waals surface area contributed by atoms with Gasteiger partial charge in [0.1, 0.15) is 0 Å². The minimum absolute atomic E-state index is 0.132. The van der Waals surface area contributed by atoms with Gasteiger partial charge < -0.3 is 0 Å². The lowest BCUT2D eigenvalue weighted by molar-refractivity contribution is -0.144. The van der Waals surface area contributed by atoms with Crippen molar-refractivity contribution in [2.24, 2.45) is 0 Å². The highest BCUT2D eigenvalue weighted by atomic mass is 31.1. The molecule has 1 unspecified atom stereocenters. The van der Waals surface area contributed by atoms with Gasteiger partial charge >= 0.3 is 24.7 Å². The Morgan fingerprint density at radius 1 is 0.491 bits per heavy atom. The second-order valence-electron chi connectivity index (χ2n) is 12.7. The van der Waals surface area contributed by atoms with Crippen molar-refractivity contribution < 1.29 is 52.7 Å². The van der Waals surface area contributed by atoms with Crippen molar-refractivity contribution in [3.05, 3.63) is 179 Å². The molecule has 2 atom stereocenters. The van der Waals surface area contributed by atoms with Crippen LogP contribution in [0.15, 0.2) is 156 Å². The predicted octanol–water partition coefficient (Wildman–Crippen LogP) is 12.0. The van der Waals surface area contributed by atoms with E-state index in [9.17, 15) is 52.7 Å². The van der Waals surface area contributed by atoms with Crippen molar-refractivity contribution in [1.29, 1.82) is 0 Å². The second kappa shape index (κ2) is 15.3. The van der Waals surface area contributed by atoms with Gasteiger partial charge in [-0.3, -0.25) is 0 Å². The van der Waals surface area contributed by atoms with Crippen molar-refractivity contribution in [2.45, 2.75) is 42.9 Å². The molecule has 0 aliphatic heterocycles. The van der Waals surface area contributed by atoms with E-state index in [-0.39, 0.29) is 17.8 Å². The van der Waals surface area contributed by atoms with Gasteiger partial charge in [-0.25, -0.2) is 0 Å². The fraction of sp³-hybridized carbons (Fsp3) is 0.171. The molecule has 0 fully saturated rings. The summed E-state index contributed by atoms with van der Waals surface area (Å²) in [5.41, 5.74) is -6.59. The number of allylic oxidation sites excluding steroid dienone is 10. The van der Waals surface area contributed by atoms with E-state index in [1.54, 1.807) is 24.3 Å². The Hall–Kier alpha value is -4.40. The van der Waals surface area contributed by atoms with Crippen LogP contribution in [0.3, 0.4) is 0 Å². The summed E-state index contributed by atoms with van der Waals surface area (Å²) in [7, 11) is -3.86. The molecule has 6 rings (SSSR count). The van der Waals surface area contributed by atoms with E-state index < -0.39 is 79.1 Å². The van der Waals surface area contributed by atoms with Crippen molar-refractivity contribution in [2.75, 3.05) is 0 Å². The maximum absolute atomic E-state index is 14.1. The van der Waals surface area contributed by atoms with Crippen molar-refractivity contribution >= 4 is 37.1 Å². The van der Waals surface area contributed by atoms with E-state index in [4.69, 9.17) is 0 Å². The zero-order chi connectivity index (χ0) is 39.9. The number of alkyl halides is 12. The van der Waals surface area contributed by atoms with Crippen molar-refractivity contribution in [1.82, 2.24) is 0 Å². The Kier molecular flexibility index (Phi) is 11.2. The molecule has 0 N–H and O–H groups in total. The van der Waals surface area contributed by atoms with Gasteiger partial charge in [0.05, 0.1) is 22.3 Å². The molecule has 4 aromatic carbocycles. The zero-order valence-corrected chi connectivity index (χ0v) is 30.2. The van der Waals surface area contributed by atoms with Gasteiger partial charge in [0, 0.05) is 11.3 Å². The lowest BCUT2D eigenvalue weighted by atomic mass is 10.0. The van der Waals surface area contributed by atoms with Crippen LogP contribution in [-0.2, 0) is 24.7 Å². The topological polar surface area (TPSA) is 0 Å². The molecular weight excluding hydrogens is 782 g/mol. The number of halogens is 12. The van der Waals surface area contributed by atoms with Gasteiger partial charge in [0.15, 0.2) is 0 Å². The molecule has 0 heterocycles. The van der Waals surface area contributed by atoms with Crippen LogP contribution in [0, 0.1) is 0 Å². The molecule has 286 valence electrons. The van der Waals surface area contributed by atoms with Crippen LogP contribution < -0.4 is 21.2 Å².